The molecule has 0 saturated carbocycles. The Morgan fingerprint density at radius 3 is 2.41 bits per heavy atom. The highest BCUT2D eigenvalue weighted by Gasteiger charge is 2.70. The maximum Gasteiger partial charge on any atom is 0.250 e. The topological polar surface area (TPSA) is 122 Å². The van der Waals surface area contributed by atoms with Gasteiger partial charge in [0.1, 0.15) is 5.54 Å². The fourth-order valence-electron chi connectivity index (χ4n) is 5.87. The summed E-state index contributed by atoms with van der Waals surface area (Å²) in [6.45, 7) is 5.59. The molecule has 2 aromatic rings. The van der Waals surface area contributed by atoms with Crippen LogP contribution in [-0.4, -0.2) is 29.7 Å². The molecule has 0 radical (unpaired) electrons. The number of anilines is 2. The van der Waals surface area contributed by atoms with Crippen molar-refractivity contribution in [3.8, 4) is 0 Å². The summed E-state index contributed by atoms with van der Waals surface area (Å²) < 4.78 is 0. The molecule has 2 aromatic carbocycles. The lowest BCUT2D eigenvalue weighted by Gasteiger charge is -2.29. The number of benzene rings is 2. The highest BCUT2D eigenvalue weighted by Crippen LogP contribution is 2.55. The van der Waals surface area contributed by atoms with Gasteiger partial charge in [0.05, 0.1) is 23.2 Å². The number of amides is 4. The Kier molecular flexibility index (Phi) is 5.07. The van der Waals surface area contributed by atoms with Gasteiger partial charge in [0, 0.05) is 23.0 Å². The number of fused-ring (bicyclic) bond motifs is 4. The molecule has 9 heteroatoms. The van der Waals surface area contributed by atoms with Gasteiger partial charge < -0.3 is 11.1 Å². The van der Waals surface area contributed by atoms with Gasteiger partial charge in [-0.05, 0) is 62.1 Å². The highest BCUT2D eigenvalue weighted by molar-refractivity contribution is 6.32. The molecular weight excluding hydrogens is 456 g/mol. The van der Waals surface area contributed by atoms with E-state index in [0.29, 0.717) is 27.5 Å². The fraction of sp³-hybridized carbons (Fsp3) is 0.360. The van der Waals surface area contributed by atoms with Crippen LogP contribution in [0.25, 0.3) is 0 Å². The average Bonchev–Trinajstić information content (AvgIpc) is 3.33. The lowest BCUT2D eigenvalue weighted by molar-refractivity contribution is -0.130. The van der Waals surface area contributed by atoms with Gasteiger partial charge in [-0.25, -0.2) is 4.90 Å². The Bertz CT molecular complexity index is 1270. The van der Waals surface area contributed by atoms with E-state index in [2.05, 4.69) is 10.6 Å². The van der Waals surface area contributed by atoms with Gasteiger partial charge >= 0.3 is 0 Å². The molecule has 0 bridgehead atoms. The number of nitrogens with zero attached hydrogens (tertiary/aromatic N) is 1. The lowest BCUT2D eigenvalue weighted by Crippen LogP contribution is -2.53. The Morgan fingerprint density at radius 1 is 1.09 bits per heavy atom. The highest BCUT2D eigenvalue weighted by atomic mass is 35.5. The summed E-state index contributed by atoms with van der Waals surface area (Å²) in [5.74, 6) is -3.54. The predicted octanol–water partition coefficient (Wildman–Crippen LogP) is 2.46. The molecule has 4 atom stereocenters. The van der Waals surface area contributed by atoms with Crippen LogP contribution < -0.4 is 21.3 Å². The smallest absolute Gasteiger partial charge is 0.250 e. The second-order valence-corrected chi connectivity index (χ2v) is 9.88. The number of hydrogen-bond acceptors (Lipinski definition) is 5. The molecule has 0 aromatic heterocycles. The van der Waals surface area contributed by atoms with Gasteiger partial charge in [-0.2, -0.15) is 0 Å². The fourth-order valence-corrected chi connectivity index (χ4v) is 6.03. The number of nitrogens with one attached hydrogen (secondary N) is 2. The van der Waals surface area contributed by atoms with Crippen LogP contribution in [0.4, 0.5) is 11.4 Å². The van der Waals surface area contributed by atoms with E-state index in [1.54, 1.807) is 31.2 Å². The predicted molar refractivity (Wildman–Crippen MR) is 127 cm³/mol. The van der Waals surface area contributed by atoms with Crippen LogP contribution in [0.2, 0.25) is 5.02 Å². The number of hydrogen-bond donors (Lipinski definition) is 3. The number of carbonyl (C=O) groups excluding carboxylic acids is 4. The first-order valence-electron chi connectivity index (χ1n) is 11.2. The molecule has 2 fully saturated rings. The van der Waals surface area contributed by atoms with Crippen LogP contribution in [0.5, 0.6) is 0 Å². The Morgan fingerprint density at radius 2 is 1.76 bits per heavy atom. The van der Waals surface area contributed by atoms with Crippen molar-refractivity contribution in [2.24, 2.45) is 17.6 Å². The average molecular weight is 481 g/mol. The summed E-state index contributed by atoms with van der Waals surface area (Å²) in [5.41, 5.74) is 8.07. The Hall–Kier alpha value is -3.23. The van der Waals surface area contributed by atoms with E-state index in [0.717, 1.165) is 11.1 Å². The summed E-state index contributed by atoms with van der Waals surface area (Å²) >= 11 is 6.29. The normalized spacial score (nSPS) is 27.4. The molecule has 176 valence electrons. The standard InChI is InChI=1S/C25H25ClN4O4/c1-11-8-12(2)10-14(9-11)30-22(32)19-17(6-7-18(27)31)29-25(20(19)23(30)33)15-4-5-16(26)13(3)21(15)28-24(25)34/h4-5,8-10,17,19-20,29H,6-7H2,1-3H3,(H2,27,31)(H,28,34)/t17?,19-,20+,25?/m1/s1. The molecule has 3 aliphatic heterocycles. The summed E-state index contributed by atoms with van der Waals surface area (Å²) in [6, 6.07) is 8.36. The van der Waals surface area contributed by atoms with Crippen molar-refractivity contribution in [3.05, 3.63) is 57.6 Å². The van der Waals surface area contributed by atoms with Gasteiger partial charge in [-0.3, -0.25) is 24.5 Å². The largest absolute Gasteiger partial charge is 0.370 e. The number of carbonyl (C=O) groups is 4. The molecule has 0 aliphatic carbocycles. The van der Waals surface area contributed by atoms with Crippen LogP contribution in [0.1, 0.15) is 35.1 Å². The van der Waals surface area contributed by atoms with Crippen molar-refractivity contribution >= 4 is 46.6 Å². The van der Waals surface area contributed by atoms with Crippen molar-refractivity contribution in [1.29, 1.82) is 0 Å². The number of aryl methyl sites for hydroxylation is 2. The van der Waals surface area contributed by atoms with Crippen molar-refractivity contribution in [2.75, 3.05) is 10.2 Å². The maximum atomic E-state index is 13.9. The van der Waals surface area contributed by atoms with Crippen LogP contribution in [-0.2, 0) is 24.7 Å². The van der Waals surface area contributed by atoms with E-state index in [-0.39, 0.29) is 18.7 Å². The van der Waals surface area contributed by atoms with Gasteiger partial charge in [-0.1, -0.05) is 23.7 Å². The summed E-state index contributed by atoms with van der Waals surface area (Å²) in [5, 5.41) is 6.67. The number of primary amides is 1. The zero-order valence-electron chi connectivity index (χ0n) is 19.1. The minimum Gasteiger partial charge on any atom is -0.370 e. The molecule has 3 aliphatic rings. The number of nitrogens with two attached hydrogens (primary N) is 1. The third-order valence-electron chi connectivity index (χ3n) is 7.25. The molecule has 2 unspecified atom stereocenters. The monoisotopic (exact) mass is 480 g/mol. The van der Waals surface area contributed by atoms with Crippen LogP contribution in [0.15, 0.2) is 30.3 Å². The summed E-state index contributed by atoms with van der Waals surface area (Å²) in [6.07, 6.45) is 0.253. The van der Waals surface area contributed by atoms with Crippen molar-refractivity contribution in [2.45, 2.75) is 45.2 Å². The van der Waals surface area contributed by atoms with Crippen molar-refractivity contribution in [3.63, 3.8) is 0 Å². The minimum absolute atomic E-state index is 0.0239. The molecule has 5 rings (SSSR count). The van der Waals surface area contributed by atoms with Crippen LogP contribution in [0, 0.1) is 32.6 Å². The maximum absolute atomic E-state index is 13.9. The quantitative estimate of drug-likeness (QED) is 0.580. The zero-order valence-corrected chi connectivity index (χ0v) is 19.8. The van der Waals surface area contributed by atoms with E-state index < -0.39 is 41.1 Å². The zero-order chi connectivity index (χ0) is 24.5. The van der Waals surface area contributed by atoms with E-state index in [9.17, 15) is 19.2 Å². The summed E-state index contributed by atoms with van der Waals surface area (Å²) in [7, 11) is 0. The second-order valence-electron chi connectivity index (χ2n) is 9.47. The molecule has 4 amide bonds. The van der Waals surface area contributed by atoms with E-state index in [1.807, 2.05) is 19.9 Å². The van der Waals surface area contributed by atoms with E-state index in [1.165, 1.54) is 4.90 Å². The number of imide groups is 1. The lowest BCUT2D eigenvalue weighted by atomic mass is 9.76. The minimum atomic E-state index is -1.45. The van der Waals surface area contributed by atoms with E-state index >= 15 is 0 Å². The first-order valence-corrected chi connectivity index (χ1v) is 11.6. The molecule has 4 N–H and O–H groups in total. The molecule has 34 heavy (non-hydrogen) atoms. The first-order chi connectivity index (χ1) is 16.1. The SMILES string of the molecule is Cc1cc(C)cc(N2C(=O)[C@@H]3C(CCC(N)=O)NC4(C(=O)Nc5c4ccc(Cl)c5C)[C@@H]3C2=O)c1. The van der Waals surface area contributed by atoms with Gasteiger partial charge in [-0.15, -0.1) is 0 Å². The van der Waals surface area contributed by atoms with Crippen molar-refractivity contribution in [1.82, 2.24) is 5.32 Å². The van der Waals surface area contributed by atoms with Crippen LogP contribution >= 0.6 is 11.6 Å². The molecule has 8 nitrogen and oxygen atoms in total. The Balaban J connectivity index is 1.68. The first kappa shape index (κ1) is 22.6. The van der Waals surface area contributed by atoms with Crippen molar-refractivity contribution < 1.29 is 19.2 Å². The molecule has 2 saturated heterocycles. The molecule has 3 heterocycles. The Labute approximate surface area is 201 Å². The third kappa shape index (κ3) is 3.02. The molecular formula is C25H25ClN4O4. The van der Waals surface area contributed by atoms with Gasteiger partial charge in [0.25, 0.3) is 0 Å². The van der Waals surface area contributed by atoms with Crippen LogP contribution in [0.3, 0.4) is 0 Å². The summed E-state index contributed by atoms with van der Waals surface area (Å²) in [4.78, 5) is 54.0. The number of halogens is 1. The number of rotatable bonds is 4. The van der Waals surface area contributed by atoms with Gasteiger partial charge in [0.2, 0.25) is 23.6 Å². The van der Waals surface area contributed by atoms with Gasteiger partial charge in [0.15, 0.2) is 0 Å². The molecule has 1 spiro atoms. The van der Waals surface area contributed by atoms with E-state index in [4.69, 9.17) is 17.3 Å². The second kappa shape index (κ2) is 7.65. The third-order valence-corrected chi connectivity index (χ3v) is 7.66.